The molecule has 8 nitrogen and oxygen atoms in total. The molecule has 25 heavy (non-hydrogen) atoms. The van der Waals surface area contributed by atoms with Crippen molar-refractivity contribution >= 4 is 5.97 Å². The minimum atomic E-state index is -1.01. The topological polar surface area (TPSA) is 99.9 Å². The predicted octanol–water partition coefficient (Wildman–Crippen LogP) is 0.428. The van der Waals surface area contributed by atoms with Gasteiger partial charge in [-0.25, -0.2) is 4.79 Å². The van der Waals surface area contributed by atoms with Crippen LogP contribution in [0.5, 0.6) is 6.01 Å². The summed E-state index contributed by atoms with van der Waals surface area (Å²) in [5.41, 5.74) is 0.494. The lowest BCUT2D eigenvalue weighted by Crippen LogP contribution is -2.36. The molecule has 130 valence electrons. The van der Waals surface area contributed by atoms with Gasteiger partial charge < -0.3 is 19.3 Å². The zero-order valence-corrected chi connectivity index (χ0v) is 13.4. The van der Waals surface area contributed by atoms with E-state index in [9.17, 15) is 14.7 Å². The number of benzene rings is 1. The Morgan fingerprint density at radius 1 is 1.36 bits per heavy atom. The van der Waals surface area contributed by atoms with E-state index in [0.29, 0.717) is 11.1 Å². The highest BCUT2D eigenvalue weighted by atomic mass is 16.6. The number of nitrogens with zero attached hydrogens (tertiary/aromatic N) is 2. The summed E-state index contributed by atoms with van der Waals surface area (Å²) >= 11 is 0. The fourth-order valence-corrected chi connectivity index (χ4v) is 2.97. The second kappa shape index (κ2) is 5.98. The summed E-state index contributed by atoms with van der Waals surface area (Å²) in [5, 5.41) is 10.4. The number of carbonyl (C=O) groups excluding carboxylic acids is 1. The van der Waals surface area contributed by atoms with Crippen molar-refractivity contribution in [2.45, 2.75) is 31.5 Å². The van der Waals surface area contributed by atoms with Gasteiger partial charge in [-0.05, 0) is 19.1 Å². The molecule has 0 bridgehead atoms. The summed E-state index contributed by atoms with van der Waals surface area (Å²) in [7, 11) is 0. The lowest BCUT2D eigenvalue weighted by Gasteiger charge is -2.17. The van der Waals surface area contributed by atoms with Crippen molar-refractivity contribution in [3.05, 3.63) is 58.0 Å². The summed E-state index contributed by atoms with van der Waals surface area (Å²) in [4.78, 5) is 27.4. The van der Waals surface area contributed by atoms with E-state index in [2.05, 4.69) is 4.98 Å². The second-order valence-electron chi connectivity index (χ2n) is 6.02. The van der Waals surface area contributed by atoms with Crippen LogP contribution < -0.4 is 10.3 Å². The van der Waals surface area contributed by atoms with Crippen molar-refractivity contribution in [2.24, 2.45) is 0 Å². The molecule has 0 saturated carbocycles. The van der Waals surface area contributed by atoms with E-state index in [1.54, 1.807) is 48.0 Å². The smallest absolute Gasteiger partial charge is 0.338 e. The number of aromatic nitrogens is 2. The summed E-state index contributed by atoms with van der Waals surface area (Å²) in [6.45, 7) is 1.54. The van der Waals surface area contributed by atoms with E-state index in [-0.39, 0.29) is 18.2 Å². The second-order valence-corrected chi connectivity index (χ2v) is 6.02. The normalized spacial score (nSPS) is 26.6. The maximum absolute atomic E-state index is 12.0. The number of carbonyl (C=O) groups is 1. The van der Waals surface area contributed by atoms with Crippen LogP contribution in [0.4, 0.5) is 0 Å². The van der Waals surface area contributed by atoms with Crippen molar-refractivity contribution in [1.82, 2.24) is 9.55 Å². The van der Waals surface area contributed by atoms with E-state index in [1.165, 1.54) is 0 Å². The van der Waals surface area contributed by atoms with Gasteiger partial charge >= 0.3 is 12.0 Å². The number of aliphatic hydroxyl groups is 1. The molecule has 0 amide bonds. The molecule has 1 fully saturated rings. The van der Waals surface area contributed by atoms with E-state index in [1.807, 2.05) is 0 Å². The van der Waals surface area contributed by atoms with Crippen LogP contribution in [0.25, 0.3) is 0 Å². The standard InChI is InChI=1S/C17H16N2O6/c1-9-7-19-15-13(25-17(19)18-14(9)21)12(20)11(24-15)8-23-16(22)10-5-3-2-4-6-10/h2-7,11-13,15,20H,8H2,1H3/t11-,12+,13+,15-/m1/s1. The molecular weight excluding hydrogens is 328 g/mol. The van der Waals surface area contributed by atoms with Gasteiger partial charge in [0.1, 0.15) is 18.8 Å². The number of hydrogen-bond donors (Lipinski definition) is 1. The van der Waals surface area contributed by atoms with Crippen LogP contribution in [0.3, 0.4) is 0 Å². The van der Waals surface area contributed by atoms with Gasteiger partial charge in [-0.15, -0.1) is 0 Å². The van der Waals surface area contributed by atoms with Crippen LogP contribution in [0, 0.1) is 6.92 Å². The molecule has 1 aromatic heterocycles. The first-order valence-corrected chi connectivity index (χ1v) is 7.87. The van der Waals surface area contributed by atoms with E-state index >= 15 is 0 Å². The maximum atomic E-state index is 12.0. The summed E-state index contributed by atoms with van der Waals surface area (Å²) in [6.07, 6.45) is -1.46. The third-order valence-electron chi connectivity index (χ3n) is 4.30. The Balaban J connectivity index is 1.45. The van der Waals surface area contributed by atoms with Gasteiger partial charge in [0.15, 0.2) is 12.3 Å². The summed E-state index contributed by atoms with van der Waals surface area (Å²) in [5.74, 6) is -0.490. The van der Waals surface area contributed by atoms with Crippen LogP contribution in [-0.2, 0) is 9.47 Å². The van der Waals surface area contributed by atoms with Gasteiger partial charge in [-0.3, -0.25) is 9.36 Å². The predicted molar refractivity (Wildman–Crippen MR) is 84.3 cm³/mol. The number of hydrogen-bond acceptors (Lipinski definition) is 7. The van der Waals surface area contributed by atoms with Gasteiger partial charge in [0.2, 0.25) is 0 Å². The SMILES string of the molecule is Cc1cn2c(nc1=O)O[C@H]1[C@@H](O)[C@@H](COC(=O)c3ccccc3)O[C@H]12. The highest BCUT2D eigenvalue weighted by Crippen LogP contribution is 2.39. The van der Waals surface area contributed by atoms with Crippen molar-refractivity contribution < 1.29 is 24.1 Å². The molecule has 8 heteroatoms. The van der Waals surface area contributed by atoms with Crippen molar-refractivity contribution in [2.75, 3.05) is 6.61 Å². The first-order valence-electron chi connectivity index (χ1n) is 7.87. The first-order chi connectivity index (χ1) is 12.0. The maximum Gasteiger partial charge on any atom is 0.338 e. The number of rotatable bonds is 3. The number of fused-ring (bicyclic) bond motifs is 3. The molecule has 3 heterocycles. The minimum absolute atomic E-state index is 0.104. The molecule has 2 aromatic rings. The monoisotopic (exact) mass is 344 g/mol. The Morgan fingerprint density at radius 2 is 2.12 bits per heavy atom. The number of esters is 1. The molecule has 0 aliphatic carbocycles. The Kier molecular flexibility index (Phi) is 3.78. The Bertz CT molecular complexity index is 865. The van der Waals surface area contributed by atoms with Gasteiger partial charge in [0.05, 0.1) is 5.56 Å². The fraction of sp³-hybridized carbons (Fsp3) is 0.353. The first kappa shape index (κ1) is 15.8. The number of aryl methyl sites for hydroxylation is 1. The van der Waals surface area contributed by atoms with E-state index in [0.717, 1.165) is 0 Å². The van der Waals surface area contributed by atoms with Crippen molar-refractivity contribution in [3.8, 4) is 6.01 Å². The molecule has 0 unspecified atom stereocenters. The Hall–Kier alpha value is -2.71. The van der Waals surface area contributed by atoms with Gasteiger partial charge in [-0.1, -0.05) is 18.2 Å². The summed E-state index contributed by atoms with van der Waals surface area (Å²) < 4.78 is 18.1. The Labute approximate surface area is 142 Å². The third-order valence-corrected chi connectivity index (χ3v) is 4.30. The number of ether oxygens (including phenoxy) is 3. The molecule has 4 atom stereocenters. The van der Waals surface area contributed by atoms with Crippen LogP contribution in [0.1, 0.15) is 22.1 Å². The zero-order valence-electron chi connectivity index (χ0n) is 13.4. The van der Waals surface area contributed by atoms with Gasteiger partial charge in [-0.2, -0.15) is 4.98 Å². The summed E-state index contributed by atoms with van der Waals surface area (Å²) in [6, 6.07) is 8.69. The van der Waals surface area contributed by atoms with Crippen molar-refractivity contribution in [1.29, 1.82) is 0 Å². The largest absolute Gasteiger partial charge is 0.459 e. The van der Waals surface area contributed by atoms with Crippen LogP contribution >= 0.6 is 0 Å². The average Bonchev–Trinajstić information content (AvgIpc) is 3.11. The van der Waals surface area contributed by atoms with E-state index in [4.69, 9.17) is 14.2 Å². The van der Waals surface area contributed by atoms with Crippen LogP contribution in [-0.4, -0.2) is 45.5 Å². The number of aliphatic hydroxyl groups excluding tert-OH is 1. The third kappa shape index (κ3) is 2.69. The zero-order chi connectivity index (χ0) is 17.6. The average molecular weight is 344 g/mol. The molecule has 1 saturated heterocycles. The highest BCUT2D eigenvalue weighted by molar-refractivity contribution is 5.89. The molecule has 0 radical (unpaired) electrons. The fourth-order valence-electron chi connectivity index (χ4n) is 2.97. The van der Waals surface area contributed by atoms with Gasteiger partial charge in [0.25, 0.3) is 5.56 Å². The lowest BCUT2D eigenvalue weighted by molar-refractivity contribution is -0.0512. The van der Waals surface area contributed by atoms with E-state index < -0.39 is 30.5 Å². The quantitative estimate of drug-likeness (QED) is 0.806. The molecule has 1 N–H and O–H groups in total. The minimum Gasteiger partial charge on any atom is -0.459 e. The van der Waals surface area contributed by atoms with Crippen LogP contribution in [0.15, 0.2) is 41.3 Å². The molecule has 0 spiro atoms. The van der Waals surface area contributed by atoms with Crippen molar-refractivity contribution in [3.63, 3.8) is 0 Å². The Morgan fingerprint density at radius 3 is 2.88 bits per heavy atom. The lowest BCUT2D eigenvalue weighted by atomic mass is 10.1. The van der Waals surface area contributed by atoms with Crippen LogP contribution in [0.2, 0.25) is 0 Å². The van der Waals surface area contributed by atoms with Gasteiger partial charge in [0, 0.05) is 11.8 Å². The molecule has 4 rings (SSSR count). The molecule has 2 aliphatic rings. The molecule has 2 aliphatic heterocycles. The molecular formula is C17H16N2O6. The molecule has 1 aromatic carbocycles. The highest BCUT2D eigenvalue weighted by Gasteiger charge is 2.51.